The van der Waals surface area contributed by atoms with Gasteiger partial charge in [-0.15, -0.1) is 0 Å². The summed E-state index contributed by atoms with van der Waals surface area (Å²) in [5.74, 6) is -0.363. The second kappa shape index (κ2) is 6.39. The number of sulfonamides is 2. The summed E-state index contributed by atoms with van der Waals surface area (Å²) in [6, 6.07) is 1.76. The Morgan fingerprint density at radius 2 is 1.95 bits per heavy atom. The molecule has 124 valence electrons. The van der Waals surface area contributed by atoms with Crippen LogP contribution < -0.4 is 13.9 Å². The summed E-state index contributed by atoms with van der Waals surface area (Å²) >= 11 is 0. The number of nitrogens with zero attached hydrogens (tertiary/aromatic N) is 3. The van der Waals surface area contributed by atoms with E-state index in [1.807, 2.05) is 11.9 Å². The van der Waals surface area contributed by atoms with Crippen LogP contribution in [0.15, 0.2) is 18.5 Å². The van der Waals surface area contributed by atoms with Crippen LogP contribution in [0.25, 0.3) is 0 Å². The lowest BCUT2D eigenvalue weighted by Crippen LogP contribution is -2.45. The van der Waals surface area contributed by atoms with Crippen molar-refractivity contribution >= 4 is 31.4 Å². The van der Waals surface area contributed by atoms with E-state index in [1.165, 1.54) is 17.4 Å². The molecule has 1 aliphatic rings. The molecule has 8 nitrogen and oxygen atoms in total. The number of hydrogen-bond donors (Lipinski definition) is 1. The Balaban J connectivity index is 2.15. The van der Waals surface area contributed by atoms with Crippen molar-refractivity contribution in [2.24, 2.45) is 0 Å². The van der Waals surface area contributed by atoms with Crippen LogP contribution in [0, 0.1) is 0 Å². The van der Waals surface area contributed by atoms with E-state index in [9.17, 15) is 16.8 Å². The summed E-state index contributed by atoms with van der Waals surface area (Å²) < 4.78 is 51.3. The van der Waals surface area contributed by atoms with Crippen molar-refractivity contribution < 1.29 is 16.8 Å². The van der Waals surface area contributed by atoms with Gasteiger partial charge in [0.2, 0.25) is 20.0 Å². The number of likely N-dealkylation sites (N-methyl/N-ethyl adjacent to an activating group) is 1. The van der Waals surface area contributed by atoms with Gasteiger partial charge in [0.15, 0.2) is 0 Å². The Kier molecular flexibility index (Phi) is 4.93. The van der Waals surface area contributed by atoms with Crippen molar-refractivity contribution in [1.82, 2.24) is 9.71 Å². The molecular weight excluding hydrogens is 328 g/mol. The Morgan fingerprint density at radius 3 is 2.64 bits per heavy atom. The molecule has 0 amide bonds. The minimum atomic E-state index is -3.61. The van der Waals surface area contributed by atoms with Crippen molar-refractivity contribution in [1.29, 1.82) is 0 Å². The number of fused-ring (bicyclic) bond motifs is 1. The molecule has 0 unspecified atom stereocenters. The van der Waals surface area contributed by atoms with Crippen molar-refractivity contribution in [2.75, 3.05) is 47.4 Å². The van der Waals surface area contributed by atoms with Crippen molar-refractivity contribution in [3.05, 3.63) is 18.5 Å². The highest BCUT2D eigenvalue weighted by Crippen LogP contribution is 2.32. The minimum Gasteiger partial charge on any atom is -0.371 e. The van der Waals surface area contributed by atoms with Gasteiger partial charge < -0.3 is 4.90 Å². The molecule has 0 bridgehead atoms. The van der Waals surface area contributed by atoms with Gasteiger partial charge in [0.1, 0.15) is 0 Å². The average Bonchev–Trinajstić information content (AvgIpc) is 2.47. The second-order valence-electron chi connectivity index (χ2n) is 4.97. The Labute approximate surface area is 131 Å². The van der Waals surface area contributed by atoms with Crippen LogP contribution in [0.1, 0.15) is 6.92 Å². The Morgan fingerprint density at radius 1 is 1.23 bits per heavy atom. The van der Waals surface area contributed by atoms with Gasteiger partial charge in [-0.1, -0.05) is 0 Å². The molecule has 1 aromatic rings. The fourth-order valence-electron chi connectivity index (χ4n) is 2.20. The summed E-state index contributed by atoms with van der Waals surface area (Å²) in [6.07, 6.45) is 3.12. The molecule has 2 rings (SSSR count). The molecule has 10 heteroatoms. The van der Waals surface area contributed by atoms with Crippen LogP contribution in [-0.4, -0.2) is 60.0 Å². The predicted molar refractivity (Wildman–Crippen MR) is 86.1 cm³/mol. The lowest BCUT2D eigenvalue weighted by molar-refractivity contribution is 0.580. The van der Waals surface area contributed by atoms with E-state index in [-0.39, 0.29) is 18.1 Å². The molecule has 1 aromatic heterocycles. The topological polar surface area (TPSA) is 99.7 Å². The van der Waals surface area contributed by atoms with Crippen LogP contribution in [0.4, 0.5) is 11.4 Å². The van der Waals surface area contributed by atoms with Crippen molar-refractivity contribution in [3.8, 4) is 0 Å². The monoisotopic (exact) mass is 348 g/mol. The average molecular weight is 348 g/mol. The smallest absolute Gasteiger partial charge is 0.236 e. The first-order chi connectivity index (χ1) is 10.3. The van der Waals surface area contributed by atoms with Crippen LogP contribution in [0.3, 0.4) is 0 Å². The minimum absolute atomic E-state index is 0.0751. The van der Waals surface area contributed by atoms with E-state index < -0.39 is 20.0 Å². The first kappa shape index (κ1) is 17.0. The highest BCUT2D eigenvalue weighted by atomic mass is 32.2. The standard InChI is InChI=1S/C12H20N4O4S2/c1-3-21(17,18)14-6-9-22(19,20)16-8-7-15(2)11-4-5-13-10-12(11)16/h4-5,10,14H,3,6-9H2,1-2H3. The molecule has 0 saturated heterocycles. The van der Waals surface area contributed by atoms with Gasteiger partial charge >= 0.3 is 0 Å². The Hall–Kier alpha value is -1.39. The highest BCUT2D eigenvalue weighted by molar-refractivity contribution is 7.93. The summed E-state index contributed by atoms with van der Waals surface area (Å²) in [6.45, 7) is 2.24. The lowest BCUT2D eigenvalue weighted by Gasteiger charge is -2.35. The second-order valence-corrected chi connectivity index (χ2v) is 9.08. The van der Waals surface area contributed by atoms with E-state index in [0.717, 1.165) is 5.69 Å². The van der Waals surface area contributed by atoms with E-state index in [4.69, 9.17) is 0 Å². The molecule has 22 heavy (non-hydrogen) atoms. The van der Waals surface area contributed by atoms with E-state index in [2.05, 4.69) is 9.71 Å². The van der Waals surface area contributed by atoms with Crippen LogP contribution in [0.2, 0.25) is 0 Å². The zero-order chi connectivity index (χ0) is 16.4. The van der Waals surface area contributed by atoms with Gasteiger partial charge in [-0.3, -0.25) is 9.29 Å². The van der Waals surface area contributed by atoms with E-state index in [1.54, 1.807) is 12.3 Å². The first-order valence-electron chi connectivity index (χ1n) is 6.90. The van der Waals surface area contributed by atoms with Crippen LogP contribution in [0.5, 0.6) is 0 Å². The molecule has 2 heterocycles. The fraction of sp³-hybridized carbons (Fsp3) is 0.583. The molecular formula is C12H20N4O4S2. The maximum absolute atomic E-state index is 12.5. The van der Waals surface area contributed by atoms with Gasteiger partial charge in [-0.25, -0.2) is 21.6 Å². The number of anilines is 2. The number of pyridine rings is 1. The largest absolute Gasteiger partial charge is 0.371 e. The maximum atomic E-state index is 12.5. The molecule has 0 saturated carbocycles. The summed E-state index contributed by atoms with van der Waals surface area (Å²) in [7, 11) is -5.12. The zero-order valence-corrected chi connectivity index (χ0v) is 14.2. The number of nitrogens with one attached hydrogen (secondary N) is 1. The fourth-order valence-corrected chi connectivity index (χ4v) is 4.33. The molecule has 1 N–H and O–H groups in total. The Bertz CT molecular complexity index is 733. The third-order valence-electron chi connectivity index (χ3n) is 3.49. The van der Waals surface area contributed by atoms with Crippen LogP contribution >= 0.6 is 0 Å². The van der Waals surface area contributed by atoms with Crippen molar-refractivity contribution in [2.45, 2.75) is 6.92 Å². The first-order valence-corrected chi connectivity index (χ1v) is 10.2. The molecule has 0 fully saturated rings. The number of aromatic nitrogens is 1. The molecule has 0 aromatic carbocycles. The van der Waals surface area contributed by atoms with Crippen molar-refractivity contribution in [3.63, 3.8) is 0 Å². The van der Waals surface area contributed by atoms with Gasteiger partial charge in [-0.05, 0) is 13.0 Å². The quantitative estimate of drug-likeness (QED) is 0.751. The number of rotatable bonds is 6. The van der Waals surface area contributed by atoms with E-state index >= 15 is 0 Å². The molecule has 1 aliphatic heterocycles. The maximum Gasteiger partial charge on any atom is 0.236 e. The number of hydrogen-bond acceptors (Lipinski definition) is 6. The van der Waals surface area contributed by atoms with Gasteiger partial charge in [-0.2, -0.15) is 0 Å². The highest BCUT2D eigenvalue weighted by Gasteiger charge is 2.29. The third-order valence-corrected chi connectivity index (χ3v) is 6.67. The molecule has 0 radical (unpaired) electrons. The van der Waals surface area contributed by atoms with Gasteiger partial charge in [0.05, 0.1) is 35.6 Å². The van der Waals surface area contributed by atoms with Gasteiger partial charge in [0.25, 0.3) is 0 Å². The molecule has 0 spiro atoms. The summed E-state index contributed by atoms with van der Waals surface area (Å²) in [4.78, 5) is 5.95. The predicted octanol–water partition coefficient (Wildman–Crippen LogP) is -0.393. The third kappa shape index (κ3) is 3.68. The van der Waals surface area contributed by atoms with Crippen LogP contribution in [-0.2, 0) is 20.0 Å². The normalized spacial score (nSPS) is 15.7. The SMILES string of the molecule is CCS(=O)(=O)NCCS(=O)(=O)N1CCN(C)c2ccncc21. The summed E-state index contributed by atoms with van der Waals surface area (Å²) in [5, 5.41) is 0. The molecule has 0 aliphatic carbocycles. The van der Waals surface area contributed by atoms with Gasteiger partial charge in [0, 0.05) is 26.3 Å². The zero-order valence-electron chi connectivity index (χ0n) is 12.6. The lowest BCUT2D eigenvalue weighted by atomic mass is 10.2. The molecule has 0 atom stereocenters. The van der Waals surface area contributed by atoms with E-state index in [0.29, 0.717) is 18.8 Å². The summed E-state index contributed by atoms with van der Waals surface area (Å²) in [5.41, 5.74) is 1.31.